The zero-order valence-corrected chi connectivity index (χ0v) is 10.7. The second-order valence-electron chi connectivity index (χ2n) is 5.09. The van der Waals surface area contributed by atoms with Crippen molar-refractivity contribution in [3.05, 3.63) is 58.7 Å². The van der Waals surface area contributed by atoms with Crippen molar-refractivity contribution in [3.63, 3.8) is 0 Å². The van der Waals surface area contributed by atoms with Gasteiger partial charge in [-0.25, -0.2) is 0 Å². The predicted octanol–water partition coefficient (Wildman–Crippen LogP) is 4.69. The van der Waals surface area contributed by atoms with E-state index in [1.807, 2.05) is 0 Å². The van der Waals surface area contributed by atoms with Crippen molar-refractivity contribution in [2.75, 3.05) is 0 Å². The van der Waals surface area contributed by atoms with Crippen molar-refractivity contribution in [2.24, 2.45) is 0 Å². The predicted molar refractivity (Wildman–Crippen MR) is 73.5 cm³/mol. The Morgan fingerprint density at radius 3 is 2.29 bits per heavy atom. The third-order valence-corrected chi connectivity index (χ3v) is 3.95. The first-order chi connectivity index (χ1) is 8.20. The molecule has 0 heteroatoms. The maximum absolute atomic E-state index is 2.38. The molecule has 0 aromatic heterocycles. The third kappa shape index (κ3) is 1.51. The molecule has 1 atom stereocenters. The fourth-order valence-electron chi connectivity index (χ4n) is 2.89. The van der Waals surface area contributed by atoms with Gasteiger partial charge in [-0.15, -0.1) is 0 Å². The molecule has 1 aliphatic carbocycles. The first-order valence-electron chi connectivity index (χ1n) is 6.44. The molecule has 0 radical (unpaired) electrons. The summed E-state index contributed by atoms with van der Waals surface area (Å²) in [6.07, 6.45) is 1.12. The Kier molecular flexibility index (Phi) is 2.32. The first-order valence-corrected chi connectivity index (χ1v) is 6.44. The smallest absolute Gasteiger partial charge is 0.00735 e. The number of fused-ring (bicyclic) bond motifs is 3. The highest BCUT2D eigenvalue weighted by molar-refractivity contribution is 5.79. The van der Waals surface area contributed by atoms with Gasteiger partial charge in [0.15, 0.2) is 0 Å². The molecule has 0 spiro atoms. The fourth-order valence-corrected chi connectivity index (χ4v) is 2.89. The van der Waals surface area contributed by atoms with E-state index in [9.17, 15) is 0 Å². The van der Waals surface area contributed by atoms with E-state index in [0.29, 0.717) is 5.92 Å². The van der Waals surface area contributed by atoms with Crippen LogP contribution in [0.25, 0.3) is 11.1 Å². The Hall–Kier alpha value is -1.56. The summed E-state index contributed by atoms with van der Waals surface area (Å²) in [4.78, 5) is 0. The molecule has 1 unspecified atom stereocenters. The quantitative estimate of drug-likeness (QED) is 0.656. The highest BCUT2D eigenvalue weighted by Crippen LogP contribution is 2.45. The topological polar surface area (TPSA) is 0 Å². The minimum atomic E-state index is 0.548. The van der Waals surface area contributed by atoms with Crippen LogP contribution in [0.3, 0.4) is 0 Å². The van der Waals surface area contributed by atoms with Gasteiger partial charge in [0.25, 0.3) is 0 Å². The summed E-state index contributed by atoms with van der Waals surface area (Å²) in [6.45, 7) is 6.72. The summed E-state index contributed by atoms with van der Waals surface area (Å²) in [6, 6.07) is 13.8. The summed E-state index contributed by atoms with van der Waals surface area (Å²) < 4.78 is 0. The summed E-state index contributed by atoms with van der Waals surface area (Å²) in [5.41, 5.74) is 8.67. The average Bonchev–Trinajstić information content (AvgIpc) is 2.62. The van der Waals surface area contributed by atoms with Crippen LogP contribution in [0, 0.1) is 6.92 Å². The van der Waals surface area contributed by atoms with E-state index in [-0.39, 0.29) is 0 Å². The van der Waals surface area contributed by atoms with Crippen LogP contribution in [0.4, 0.5) is 0 Å². The molecule has 0 nitrogen and oxygen atoms in total. The Balaban J connectivity index is 2.23. The Morgan fingerprint density at radius 1 is 0.941 bits per heavy atom. The lowest BCUT2D eigenvalue weighted by Crippen LogP contribution is -1.91. The molecule has 0 fully saturated rings. The van der Waals surface area contributed by atoms with Crippen LogP contribution in [0.5, 0.6) is 0 Å². The molecule has 0 saturated carbocycles. The van der Waals surface area contributed by atoms with Crippen LogP contribution < -0.4 is 0 Å². The minimum absolute atomic E-state index is 0.548. The molecule has 17 heavy (non-hydrogen) atoms. The zero-order chi connectivity index (χ0) is 12.0. The molecular formula is C17H18. The number of aryl methyl sites for hydroxylation is 2. The Labute approximate surface area is 103 Å². The van der Waals surface area contributed by atoms with Gasteiger partial charge < -0.3 is 0 Å². The van der Waals surface area contributed by atoms with Gasteiger partial charge in [0.05, 0.1) is 0 Å². The molecule has 0 aliphatic heterocycles. The molecule has 1 aliphatic rings. The summed E-state index contributed by atoms with van der Waals surface area (Å²) in [7, 11) is 0. The molecule has 0 amide bonds. The normalized spacial score (nSPS) is 16.8. The van der Waals surface area contributed by atoms with E-state index < -0.39 is 0 Å². The van der Waals surface area contributed by atoms with E-state index in [4.69, 9.17) is 0 Å². The number of benzene rings is 2. The first kappa shape index (κ1) is 10.6. The largest absolute Gasteiger partial charge is 0.0613 e. The lowest BCUT2D eigenvalue weighted by molar-refractivity contribution is 0.948. The molecule has 3 rings (SSSR count). The lowest BCUT2D eigenvalue weighted by atomic mass is 9.97. The highest BCUT2D eigenvalue weighted by atomic mass is 14.3. The van der Waals surface area contributed by atoms with Gasteiger partial charge in [-0.3, -0.25) is 0 Å². The maximum Gasteiger partial charge on any atom is 0.00735 e. The van der Waals surface area contributed by atoms with Crippen LogP contribution in [-0.4, -0.2) is 0 Å². The van der Waals surface area contributed by atoms with Crippen molar-refractivity contribution in [2.45, 2.75) is 33.1 Å². The van der Waals surface area contributed by atoms with E-state index in [1.54, 1.807) is 0 Å². The van der Waals surface area contributed by atoms with Crippen LogP contribution in [0.15, 0.2) is 36.4 Å². The molecule has 0 saturated heterocycles. The van der Waals surface area contributed by atoms with Gasteiger partial charge >= 0.3 is 0 Å². The fraction of sp³-hybridized carbons (Fsp3) is 0.294. The van der Waals surface area contributed by atoms with Gasteiger partial charge in [0, 0.05) is 5.92 Å². The van der Waals surface area contributed by atoms with Crippen molar-refractivity contribution in [1.29, 1.82) is 0 Å². The number of rotatable bonds is 1. The van der Waals surface area contributed by atoms with Gasteiger partial charge in [-0.1, -0.05) is 55.8 Å². The number of hydrogen-bond donors (Lipinski definition) is 0. The summed E-state index contributed by atoms with van der Waals surface area (Å²) >= 11 is 0. The van der Waals surface area contributed by atoms with E-state index in [2.05, 4.69) is 57.2 Å². The summed E-state index contributed by atoms with van der Waals surface area (Å²) in [5.74, 6) is 0.548. The van der Waals surface area contributed by atoms with Crippen LogP contribution in [-0.2, 0) is 6.42 Å². The van der Waals surface area contributed by atoms with E-state index in [0.717, 1.165) is 6.42 Å². The third-order valence-electron chi connectivity index (χ3n) is 3.95. The van der Waals surface area contributed by atoms with Crippen molar-refractivity contribution >= 4 is 0 Å². The Morgan fingerprint density at radius 2 is 1.59 bits per heavy atom. The van der Waals surface area contributed by atoms with Gasteiger partial charge in [0.2, 0.25) is 0 Å². The Bertz CT molecular complexity index is 579. The standard InChI is InChI=1S/C17H18/c1-4-13-6-8-15-14-7-5-11(2)9-16(14)12(3)17(15)10-13/h5-10,12H,4H2,1-3H3. The minimum Gasteiger partial charge on any atom is -0.0613 e. The number of hydrogen-bond acceptors (Lipinski definition) is 0. The molecule has 0 bridgehead atoms. The highest BCUT2D eigenvalue weighted by Gasteiger charge is 2.25. The zero-order valence-electron chi connectivity index (χ0n) is 10.7. The summed E-state index contributed by atoms with van der Waals surface area (Å²) in [5, 5.41) is 0. The molecular weight excluding hydrogens is 204 g/mol. The van der Waals surface area contributed by atoms with E-state index >= 15 is 0 Å². The molecule has 86 valence electrons. The average molecular weight is 222 g/mol. The van der Waals surface area contributed by atoms with Crippen LogP contribution in [0.2, 0.25) is 0 Å². The van der Waals surface area contributed by atoms with E-state index in [1.165, 1.54) is 33.4 Å². The van der Waals surface area contributed by atoms with Gasteiger partial charge in [-0.2, -0.15) is 0 Å². The van der Waals surface area contributed by atoms with Crippen molar-refractivity contribution < 1.29 is 0 Å². The molecule has 2 aromatic carbocycles. The van der Waals surface area contributed by atoms with Crippen molar-refractivity contribution in [1.82, 2.24) is 0 Å². The van der Waals surface area contributed by atoms with Crippen molar-refractivity contribution in [3.8, 4) is 11.1 Å². The molecule has 2 aromatic rings. The molecule has 0 N–H and O–H groups in total. The maximum atomic E-state index is 2.38. The van der Waals surface area contributed by atoms with Gasteiger partial charge in [-0.05, 0) is 41.2 Å². The van der Waals surface area contributed by atoms with Crippen LogP contribution >= 0.6 is 0 Å². The molecule has 0 heterocycles. The second kappa shape index (κ2) is 3.73. The lowest BCUT2D eigenvalue weighted by Gasteiger charge is -2.07. The SMILES string of the molecule is CCc1ccc2c(c1)C(C)c1cc(C)ccc1-2. The van der Waals surface area contributed by atoms with Gasteiger partial charge in [0.1, 0.15) is 0 Å². The second-order valence-corrected chi connectivity index (χ2v) is 5.09. The van der Waals surface area contributed by atoms with Crippen LogP contribution in [0.1, 0.15) is 42.0 Å². The monoisotopic (exact) mass is 222 g/mol.